The lowest BCUT2D eigenvalue weighted by Crippen LogP contribution is -2.06. The van der Waals surface area contributed by atoms with Gasteiger partial charge in [0.25, 0.3) is 0 Å². The van der Waals surface area contributed by atoms with Crippen LogP contribution in [0.2, 0.25) is 0 Å². The van der Waals surface area contributed by atoms with Gasteiger partial charge in [-0.25, -0.2) is 4.98 Å². The van der Waals surface area contributed by atoms with Gasteiger partial charge in [-0.05, 0) is 43.7 Å². The fourth-order valence-electron chi connectivity index (χ4n) is 2.49. The van der Waals surface area contributed by atoms with E-state index in [0.717, 1.165) is 11.4 Å². The van der Waals surface area contributed by atoms with Crippen LogP contribution in [-0.4, -0.2) is 9.97 Å². The van der Waals surface area contributed by atoms with Crippen molar-refractivity contribution in [1.29, 1.82) is 5.26 Å². The quantitative estimate of drug-likeness (QED) is 0.729. The summed E-state index contributed by atoms with van der Waals surface area (Å²) in [5, 5.41) is 15.4. The standard InChI is InChI=1S/C20H19N5/c1-14-4-3-5-17(10-14)13-22-20-23-15(2)11-19(25-20)24-18-8-6-16(12-21)7-9-18/h3-11H,13H2,1-2H3,(H2,22,23,24,25). The number of hydrogen-bond donors (Lipinski definition) is 2. The minimum absolute atomic E-state index is 0.581. The summed E-state index contributed by atoms with van der Waals surface area (Å²) in [6.45, 7) is 4.68. The van der Waals surface area contributed by atoms with Gasteiger partial charge >= 0.3 is 0 Å². The Kier molecular flexibility index (Phi) is 4.91. The average Bonchev–Trinajstić information content (AvgIpc) is 2.60. The summed E-state index contributed by atoms with van der Waals surface area (Å²) >= 11 is 0. The topological polar surface area (TPSA) is 73.6 Å². The maximum absolute atomic E-state index is 8.86. The molecule has 0 saturated heterocycles. The van der Waals surface area contributed by atoms with E-state index in [1.54, 1.807) is 12.1 Å². The molecule has 3 aromatic rings. The summed E-state index contributed by atoms with van der Waals surface area (Å²) in [4.78, 5) is 8.95. The van der Waals surface area contributed by atoms with Crippen LogP contribution in [0.1, 0.15) is 22.4 Å². The molecule has 0 bridgehead atoms. The molecule has 0 aliphatic rings. The summed E-state index contributed by atoms with van der Waals surface area (Å²) < 4.78 is 0. The molecular formula is C20H19N5. The first-order valence-electron chi connectivity index (χ1n) is 8.05. The summed E-state index contributed by atoms with van der Waals surface area (Å²) in [5.41, 5.74) is 4.80. The van der Waals surface area contributed by atoms with Crippen LogP contribution in [0, 0.1) is 25.2 Å². The Morgan fingerprint density at radius 1 is 1.00 bits per heavy atom. The Hall–Kier alpha value is -3.39. The van der Waals surface area contributed by atoms with Crippen molar-refractivity contribution in [3.05, 3.63) is 77.0 Å². The van der Waals surface area contributed by atoms with Crippen LogP contribution in [0.25, 0.3) is 0 Å². The Labute approximate surface area is 147 Å². The zero-order chi connectivity index (χ0) is 17.6. The fraction of sp³-hybridized carbons (Fsp3) is 0.150. The van der Waals surface area contributed by atoms with E-state index in [0.29, 0.717) is 23.9 Å². The normalized spacial score (nSPS) is 10.1. The van der Waals surface area contributed by atoms with Gasteiger partial charge in [-0.2, -0.15) is 10.2 Å². The largest absolute Gasteiger partial charge is 0.350 e. The van der Waals surface area contributed by atoms with Crippen LogP contribution >= 0.6 is 0 Å². The van der Waals surface area contributed by atoms with Crippen LogP contribution in [-0.2, 0) is 6.54 Å². The zero-order valence-corrected chi connectivity index (χ0v) is 14.2. The van der Waals surface area contributed by atoms with Crippen LogP contribution in [0.15, 0.2) is 54.6 Å². The molecule has 3 rings (SSSR count). The molecule has 124 valence electrons. The first kappa shape index (κ1) is 16.5. The molecule has 1 aromatic heterocycles. The summed E-state index contributed by atoms with van der Waals surface area (Å²) in [6, 6.07) is 19.6. The highest BCUT2D eigenvalue weighted by atomic mass is 15.1. The predicted octanol–water partition coefficient (Wildman–Crippen LogP) is 4.32. The fourth-order valence-corrected chi connectivity index (χ4v) is 2.49. The number of nitrogens with zero attached hydrogens (tertiary/aromatic N) is 3. The number of rotatable bonds is 5. The first-order chi connectivity index (χ1) is 12.1. The van der Waals surface area contributed by atoms with E-state index in [-0.39, 0.29) is 0 Å². The van der Waals surface area contributed by atoms with Gasteiger partial charge in [-0.1, -0.05) is 29.8 Å². The molecule has 0 unspecified atom stereocenters. The second-order valence-corrected chi connectivity index (χ2v) is 5.87. The lowest BCUT2D eigenvalue weighted by molar-refractivity contribution is 1.03. The summed E-state index contributed by atoms with van der Waals surface area (Å²) in [7, 11) is 0. The van der Waals surface area contributed by atoms with Crippen molar-refractivity contribution in [2.24, 2.45) is 0 Å². The van der Waals surface area contributed by atoms with Gasteiger partial charge in [0.2, 0.25) is 5.95 Å². The Bertz CT molecular complexity index is 910. The second kappa shape index (κ2) is 7.45. The van der Waals surface area contributed by atoms with Crippen molar-refractivity contribution in [1.82, 2.24) is 9.97 Å². The van der Waals surface area contributed by atoms with Crippen molar-refractivity contribution in [2.75, 3.05) is 10.6 Å². The molecule has 25 heavy (non-hydrogen) atoms. The minimum Gasteiger partial charge on any atom is -0.350 e. The second-order valence-electron chi connectivity index (χ2n) is 5.87. The molecule has 0 aliphatic carbocycles. The molecule has 0 atom stereocenters. The number of nitrogens with one attached hydrogen (secondary N) is 2. The number of aryl methyl sites for hydroxylation is 2. The number of aromatic nitrogens is 2. The Morgan fingerprint density at radius 3 is 2.52 bits per heavy atom. The highest BCUT2D eigenvalue weighted by molar-refractivity contribution is 5.58. The molecule has 5 nitrogen and oxygen atoms in total. The molecule has 2 N–H and O–H groups in total. The van der Waals surface area contributed by atoms with E-state index in [4.69, 9.17) is 5.26 Å². The highest BCUT2D eigenvalue weighted by Crippen LogP contribution is 2.17. The molecule has 1 heterocycles. The van der Waals surface area contributed by atoms with Gasteiger partial charge in [0, 0.05) is 24.0 Å². The molecule has 0 spiro atoms. The third-order valence-corrected chi connectivity index (χ3v) is 3.67. The van der Waals surface area contributed by atoms with Gasteiger partial charge in [0.1, 0.15) is 5.82 Å². The van der Waals surface area contributed by atoms with Gasteiger partial charge in [0.15, 0.2) is 0 Å². The third kappa shape index (κ3) is 4.55. The van der Waals surface area contributed by atoms with Crippen molar-refractivity contribution in [2.45, 2.75) is 20.4 Å². The van der Waals surface area contributed by atoms with Gasteiger partial charge in [-0.15, -0.1) is 0 Å². The van der Waals surface area contributed by atoms with Gasteiger partial charge < -0.3 is 10.6 Å². The number of benzene rings is 2. The molecule has 0 aliphatic heterocycles. The number of nitriles is 1. The van der Waals surface area contributed by atoms with Crippen LogP contribution in [0.3, 0.4) is 0 Å². The average molecular weight is 329 g/mol. The third-order valence-electron chi connectivity index (χ3n) is 3.67. The van der Waals surface area contributed by atoms with E-state index >= 15 is 0 Å². The van der Waals surface area contributed by atoms with Crippen molar-refractivity contribution < 1.29 is 0 Å². The van der Waals surface area contributed by atoms with Crippen LogP contribution < -0.4 is 10.6 Å². The van der Waals surface area contributed by atoms with E-state index < -0.39 is 0 Å². The Balaban J connectivity index is 1.72. The van der Waals surface area contributed by atoms with Crippen molar-refractivity contribution in [3.8, 4) is 6.07 Å². The van der Waals surface area contributed by atoms with Crippen LogP contribution in [0.4, 0.5) is 17.5 Å². The smallest absolute Gasteiger partial charge is 0.225 e. The maximum Gasteiger partial charge on any atom is 0.225 e. The summed E-state index contributed by atoms with van der Waals surface area (Å²) in [5.74, 6) is 1.29. The molecule has 0 saturated carbocycles. The first-order valence-corrected chi connectivity index (χ1v) is 8.05. The predicted molar refractivity (Wildman–Crippen MR) is 99.7 cm³/mol. The lowest BCUT2D eigenvalue weighted by atomic mass is 10.1. The van der Waals surface area contributed by atoms with E-state index in [1.165, 1.54) is 11.1 Å². The monoisotopic (exact) mass is 329 g/mol. The van der Waals surface area contributed by atoms with Gasteiger partial charge in [0.05, 0.1) is 11.6 Å². The van der Waals surface area contributed by atoms with Gasteiger partial charge in [-0.3, -0.25) is 0 Å². The molecule has 2 aromatic carbocycles. The lowest BCUT2D eigenvalue weighted by Gasteiger charge is -2.10. The van der Waals surface area contributed by atoms with Crippen molar-refractivity contribution in [3.63, 3.8) is 0 Å². The zero-order valence-electron chi connectivity index (χ0n) is 14.2. The maximum atomic E-state index is 8.86. The molecule has 5 heteroatoms. The highest BCUT2D eigenvalue weighted by Gasteiger charge is 2.04. The molecular weight excluding hydrogens is 310 g/mol. The summed E-state index contributed by atoms with van der Waals surface area (Å²) in [6.07, 6.45) is 0. The molecule has 0 fully saturated rings. The SMILES string of the molecule is Cc1cccc(CNc2nc(C)cc(Nc3ccc(C#N)cc3)n2)c1. The number of anilines is 3. The van der Waals surface area contributed by atoms with E-state index in [9.17, 15) is 0 Å². The van der Waals surface area contributed by atoms with Crippen molar-refractivity contribution >= 4 is 17.5 Å². The molecule has 0 amide bonds. The van der Waals surface area contributed by atoms with E-state index in [2.05, 4.69) is 51.8 Å². The number of hydrogen-bond acceptors (Lipinski definition) is 5. The Morgan fingerprint density at radius 2 is 1.80 bits per heavy atom. The van der Waals surface area contributed by atoms with Crippen LogP contribution in [0.5, 0.6) is 0 Å². The van der Waals surface area contributed by atoms with E-state index in [1.807, 2.05) is 31.2 Å². The molecule has 0 radical (unpaired) electrons. The minimum atomic E-state index is 0.581.